The smallest absolute Gasteiger partial charge is 0.490 e. The average molecular weight is 754 g/mol. The predicted molar refractivity (Wildman–Crippen MR) is 184 cm³/mol. The number of nitrogens with one attached hydrogen (secondary N) is 1. The maximum atomic E-state index is 16.2. The van der Waals surface area contributed by atoms with Crippen LogP contribution in [0.5, 0.6) is 5.75 Å². The molecule has 282 valence electrons. The fraction of sp³-hybridized carbons (Fsp3) is 0.432. The number of aliphatic hydroxyl groups excluding tert-OH is 1. The highest BCUT2D eigenvalue weighted by atomic mass is 35.5. The molecule has 52 heavy (non-hydrogen) atoms. The van der Waals surface area contributed by atoms with E-state index in [-0.39, 0.29) is 24.7 Å². The summed E-state index contributed by atoms with van der Waals surface area (Å²) in [5, 5.41) is 20.7. The zero-order valence-electron chi connectivity index (χ0n) is 28.1. The van der Waals surface area contributed by atoms with Gasteiger partial charge in [-0.2, -0.15) is 22.0 Å². The van der Waals surface area contributed by atoms with Crippen LogP contribution in [0.3, 0.4) is 0 Å². The van der Waals surface area contributed by atoms with Crippen molar-refractivity contribution in [3.8, 4) is 16.9 Å². The van der Waals surface area contributed by atoms with E-state index in [1.807, 2.05) is 0 Å². The van der Waals surface area contributed by atoms with Gasteiger partial charge in [0, 0.05) is 29.7 Å². The first-order chi connectivity index (χ1) is 24.6. The van der Waals surface area contributed by atoms with E-state index in [0.29, 0.717) is 41.7 Å². The number of alkyl halides is 5. The van der Waals surface area contributed by atoms with Crippen molar-refractivity contribution in [2.75, 3.05) is 19.7 Å². The molecule has 0 bridgehead atoms. The highest BCUT2D eigenvalue weighted by molar-refractivity contribution is 6.30. The van der Waals surface area contributed by atoms with Crippen LogP contribution in [0.4, 0.5) is 22.0 Å². The molecule has 3 aromatic carbocycles. The number of nitrogens with zero attached hydrogens (tertiary/aromatic N) is 1. The maximum Gasteiger partial charge on any atom is 0.490 e. The Labute approximate surface area is 302 Å². The number of nitrogens with two attached hydrogens (primary N) is 1. The lowest BCUT2D eigenvalue weighted by Gasteiger charge is -2.36. The lowest BCUT2D eigenvalue weighted by Crippen LogP contribution is -2.58. The van der Waals surface area contributed by atoms with Gasteiger partial charge in [0.2, 0.25) is 0 Å². The number of hydrogen-bond donors (Lipinski definition) is 4. The molecule has 0 spiro atoms. The number of aliphatic carboxylic acids is 1. The van der Waals surface area contributed by atoms with Crippen molar-refractivity contribution in [2.24, 2.45) is 11.7 Å². The van der Waals surface area contributed by atoms with Gasteiger partial charge in [-0.3, -0.25) is 9.59 Å². The molecule has 2 aliphatic rings. The Hall–Kier alpha value is -4.27. The van der Waals surface area contributed by atoms with Crippen molar-refractivity contribution in [1.82, 2.24) is 10.2 Å². The summed E-state index contributed by atoms with van der Waals surface area (Å²) in [5.74, 6) is -7.47. The van der Waals surface area contributed by atoms with Gasteiger partial charge in [-0.05, 0) is 72.6 Å². The number of carbonyl (C=O) groups excluding carboxylic acids is 2. The summed E-state index contributed by atoms with van der Waals surface area (Å²) in [7, 11) is 0. The molecule has 1 aliphatic carbocycles. The molecular formula is C37H41ClF5N3O6. The summed E-state index contributed by atoms with van der Waals surface area (Å²) >= 11 is 5.97. The third-order valence-corrected chi connectivity index (χ3v) is 9.34. The zero-order valence-corrected chi connectivity index (χ0v) is 28.9. The summed E-state index contributed by atoms with van der Waals surface area (Å²) in [6.07, 6.45) is 0.0126. The second-order valence-electron chi connectivity index (χ2n) is 12.9. The number of likely N-dealkylation sites (tertiary alicyclic amines) is 1. The van der Waals surface area contributed by atoms with Gasteiger partial charge in [-0.1, -0.05) is 79.4 Å². The standard InChI is InChI=1S/C35H40ClF2N3O4.C2HF3O2/c36-28-14-8-25(9-15-28)24-6-12-27(13-7-24)35(37,38)32(34(44)41-20-18-29(39)19-21-41)40-33(43)31(42)26-10-16-30(17-11-26)45-22-23-4-2-1-3-5-23;3-2(4,5)1(6)7/h6-17,23,29,31-32,42H,1-5,18-22,39H2,(H,40,43);(H,6,7)/t31-,32+;/m0./s1. The van der Waals surface area contributed by atoms with E-state index in [1.54, 1.807) is 36.4 Å². The molecule has 1 saturated heterocycles. The van der Waals surface area contributed by atoms with Crippen molar-refractivity contribution in [3.63, 3.8) is 0 Å². The van der Waals surface area contributed by atoms with Crippen molar-refractivity contribution in [3.05, 3.63) is 88.9 Å². The van der Waals surface area contributed by atoms with Crippen molar-refractivity contribution >= 4 is 29.4 Å². The highest BCUT2D eigenvalue weighted by Crippen LogP contribution is 2.35. The molecular weight excluding hydrogens is 713 g/mol. The molecule has 3 aromatic rings. The summed E-state index contributed by atoms with van der Waals surface area (Å²) in [5.41, 5.74) is 7.19. The second kappa shape index (κ2) is 18.0. The Kier molecular flexibility index (Phi) is 14.0. The third kappa shape index (κ3) is 11.1. The number of piperidine rings is 1. The molecule has 2 atom stereocenters. The lowest BCUT2D eigenvalue weighted by molar-refractivity contribution is -0.192. The minimum absolute atomic E-state index is 0.126. The van der Waals surface area contributed by atoms with Crippen LogP contribution < -0.4 is 15.8 Å². The van der Waals surface area contributed by atoms with Crippen LogP contribution in [0.25, 0.3) is 11.1 Å². The van der Waals surface area contributed by atoms with Crippen LogP contribution in [0.1, 0.15) is 62.2 Å². The maximum absolute atomic E-state index is 16.2. The van der Waals surface area contributed by atoms with Crippen LogP contribution in [0.15, 0.2) is 72.8 Å². The number of carbonyl (C=O) groups is 3. The summed E-state index contributed by atoms with van der Waals surface area (Å²) in [4.78, 5) is 37.0. The Morgan fingerprint density at radius 1 is 0.846 bits per heavy atom. The highest BCUT2D eigenvalue weighted by Gasteiger charge is 2.49. The van der Waals surface area contributed by atoms with E-state index in [2.05, 4.69) is 5.32 Å². The minimum Gasteiger partial charge on any atom is -0.493 e. The van der Waals surface area contributed by atoms with Crippen LogP contribution in [-0.4, -0.2) is 70.9 Å². The first kappa shape index (κ1) is 40.5. The zero-order chi connectivity index (χ0) is 38.1. The number of ether oxygens (including phenoxy) is 1. The minimum atomic E-state index is -5.08. The lowest BCUT2D eigenvalue weighted by atomic mass is 9.90. The topological polar surface area (TPSA) is 142 Å². The van der Waals surface area contributed by atoms with Crippen molar-refractivity contribution in [1.29, 1.82) is 0 Å². The third-order valence-electron chi connectivity index (χ3n) is 9.09. The van der Waals surface area contributed by atoms with Gasteiger partial charge in [-0.15, -0.1) is 0 Å². The molecule has 1 heterocycles. The Balaban J connectivity index is 0.000000785. The number of aliphatic hydroxyl groups is 1. The van der Waals surface area contributed by atoms with Gasteiger partial charge >= 0.3 is 18.1 Å². The first-order valence-corrected chi connectivity index (χ1v) is 17.2. The number of benzene rings is 3. The van der Waals surface area contributed by atoms with E-state index >= 15 is 8.78 Å². The van der Waals surface area contributed by atoms with Gasteiger partial charge in [0.25, 0.3) is 11.8 Å². The van der Waals surface area contributed by atoms with Crippen molar-refractivity contribution < 1.29 is 51.3 Å². The Bertz CT molecular complexity index is 1630. The van der Waals surface area contributed by atoms with Crippen molar-refractivity contribution in [2.45, 2.75) is 75.2 Å². The molecule has 5 rings (SSSR count). The Morgan fingerprint density at radius 3 is 1.88 bits per heavy atom. The number of rotatable bonds is 10. The molecule has 2 amide bonds. The van der Waals surface area contributed by atoms with E-state index < -0.39 is 47.6 Å². The fourth-order valence-electron chi connectivity index (χ4n) is 5.99. The van der Waals surface area contributed by atoms with E-state index in [1.165, 1.54) is 60.6 Å². The summed E-state index contributed by atoms with van der Waals surface area (Å²) in [6, 6.07) is 16.5. The predicted octanol–water partition coefficient (Wildman–Crippen LogP) is 6.86. The molecule has 0 radical (unpaired) electrons. The Morgan fingerprint density at radius 2 is 1.37 bits per heavy atom. The van der Waals surface area contributed by atoms with Crippen LogP contribution in [-0.2, 0) is 20.3 Å². The number of carboxylic acids is 1. The molecule has 1 aliphatic heterocycles. The van der Waals surface area contributed by atoms with Crippen LogP contribution >= 0.6 is 11.6 Å². The number of carboxylic acid groups (broad SMARTS) is 1. The van der Waals surface area contributed by atoms with Gasteiger partial charge < -0.3 is 30.9 Å². The average Bonchev–Trinajstić information content (AvgIpc) is 3.13. The van der Waals surface area contributed by atoms with Gasteiger partial charge in [0.05, 0.1) is 6.61 Å². The summed E-state index contributed by atoms with van der Waals surface area (Å²) < 4.78 is 70.0. The van der Waals surface area contributed by atoms with Gasteiger partial charge in [-0.25, -0.2) is 4.79 Å². The normalized spacial score (nSPS) is 17.0. The quantitative estimate of drug-likeness (QED) is 0.166. The van der Waals surface area contributed by atoms with E-state index in [0.717, 1.165) is 18.4 Å². The SMILES string of the molecule is NC1CCN(C(=O)[C@@H](NC(=O)[C@@H](O)c2ccc(OCC3CCCCC3)cc2)C(F)(F)c2ccc(-c3ccc(Cl)cc3)cc2)CC1.O=C(O)C(F)(F)F. The molecule has 0 aromatic heterocycles. The molecule has 0 unspecified atom stereocenters. The fourth-order valence-corrected chi connectivity index (χ4v) is 6.12. The van der Waals surface area contributed by atoms with Crippen LogP contribution in [0, 0.1) is 5.92 Å². The molecule has 5 N–H and O–H groups in total. The monoisotopic (exact) mass is 753 g/mol. The van der Waals surface area contributed by atoms with E-state index in [9.17, 15) is 27.9 Å². The molecule has 1 saturated carbocycles. The largest absolute Gasteiger partial charge is 0.493 e. The van der Waals surface area contributed by atoms with Gasteiger partial charge in [0.15, 0.2) is 12.1 Å². The number of hydrogen-bond acceptors (Lipinski definition) is 6. The molecule has 9 nitrogen and oxygen atoms in total. The molecule has 15 heteroatoms. The summed E-state index contributed by atoms with van der Waals surface area (Å²) in [6.45, 7) is 0.995. The van der Waals surface area contributed by atoms with E-state index in [4.69, 9.17) is 32.0 Å². The van der Waals surface area contributed by atoms with Crippen LogP contribution in [0.2, 0.25) is 5.02 Å². The second-order valence-corrected chi connectivity index (χ2v) is 13.3. The first-order valence-electron chi connectivity index (χ1n) is 16.9. The number of halogens is 6. The number of amides is 2. The molecule has 2 fully saturated rings. The van der Waals surface area contributed by atoms with Gasteiger partial charge in [0.1, 0.15) is 5.75 Å².